The van der Waals surface area contributed by atoms with Crippen molar-refractivity contribution < 1.29 is 23.5 Å². The summed E-state index contributed by atoms with van der Waals surface area (Å²) in [6, 6.07) is 11.0. The van der Waals surface area contributed by atoms with Gasteiger partial charge in [0.05, 0.1) is 11.3 Å². The van der Waals surface area contributed by atoms with Gasteiger partial charge in [-0.25, -0.2) is 8.78 Å². The highest BCUT2D eigenvalue weighted by atomic mass is 35.5. The Hall–Kier alpha value is -3.03. The minimum absolute atomic E-state index is 0.219. The van der Waals surface area contributed by atoms with Gasteiger partial charge in [-0.2, -0.15) is 0 Å². The van der Waals surface area contributed by atoms with Crippen LogP contribution in [-0.2, 0) is 9.59 Å². The first-order valence-corrected chi connectivity index (χ1v) is 9.69. The number of aliphatic hydroxyl groups is 1. The minimum atomic E-state index is -1.11. The highest BCUT2D eigenvalue weighted by Gasteiger charge is 2.48. The van der Waals surface area contributed by atoms with E-state index >= 15 is 0 Å². The van der Waals surface area contributed by atoms with Gasteiger partial charge in [0.1, 0.15) is 23.4 Å². The van der Waals surface area contributed by atoms with Crippen LogP contribution in [0.1, 0.15) is 16.5 Å². The van der Waals surface area contributed by atoms with Crippen LogP contribution in [0.5, 0.6) is 0 Å². The van der Waals surface area contributed by atoms with E-state index in [1.807, 2.05) is 0 Å². The average molecular weight is 432 g/mol. The fourth-order valence-corrected chi connectivity index (χ4v) is 4.27. The molecule has 0 aliphatic carbocycles. The van der Waals surface area contributed by atoms with Crippen molar-refractivity contribution in [2.75, 3.05) is 4.90 Å². The molecule has 1 fully saturated rings. The summed E-state index contributed by atoms with van der Waals surface area (Å²) in [5.74, 6) is -4.12. The zero-order chi connectivity index (χ0) is 20.7. The monoisotopic (exact) mass is 431 g/mol. The summed E-state index contributed by atoms with van der Waals surface area (Å²) in [5.41, 5.74) is -0.365. The molecule has 1 amide bonds. The Bertz CT molecular complexity index is 1160. The van der Waals surface area contributed by atoms with Gasteiger partial charge >= 0.3 is 0 Å². The maximum atomic E-state index is 14.5. The molecule has 1 N–H and O–H groups in total. The number of hydrogen-bond acceptors (Lipinski definition) is 4. The Kier molecular flexibility index (Phi) is 4.94. The third-order valence-corrected chi connectivity index (χ3v) is 5.68. The van der Waals surface area contributed by atoms with Crippen LogP contribution in [-0.4, -0.2) is 16.8 Å². The molecule has 2 aromatic carbocycles. The molecule has 146 valence electrons. The van der Waals surface area contributed by atoms with Crippen molar-refractivity contribution >= 4 is 46.1 Å². The number of rotatable bonds is 3. The van der Waals surface area contributed by atoms with Gasteiger partial charge in [0.25, 0.3) is 11.7 Å². The molecule has 2 heterocycles. The highest BCUT2D eigenvalue weighted by Crippen LogP contribution is 2.44. The molecule has 29 heavy (non-hydrogen) atoms. The molecule has 3 aromatic rings. The number of carbonyl (C=O) groups is 2. The van der Waals surface area contributed by atoms with Crippen LogP contribution in [0.4, 0.5) is 14.5 Å². The summed E-state index contributed by atoms with van der Waals surface area (Å²) in [6.07, 6.45) is 0. The van der Waals surface area contributed by atoms with Crippen LogP contribution in [0.25, 0.3) is 5.76 Å². The van der Waals surface area contributed by atoms with Gasteiger partial charge in [0.15, 0.2) is 0 Å². The van der Waals surface area contributed by atoms with Crippen molar-refractivity contribution in [3.63, 3.8) is 0 Å². The molecule has 4 nitrogen and oxygen atoms in total. The quantitative estimate of drug-likeness (QED) is 0.347. The molecule has 0 radical (unpaired) electrons. The fourth-order valence-electron chi connectivity index (χ4n) is 3.26. The second-order valence-corrected chi connectivity index (χ2v) is 7.71. The molecule has 1 aliphatic heterocycles. The number of thiophene rings is 1. The predicted molar refractivity (Wildman–Crippen MR) is 107 cm³/mol. The summed E-state index contributed by atoms with van der Waals surface area (Å²) >= 11 is 7.19. The van der Waals surface area contributed by atoms with E-state index in [9.17, 15) is 23.5 Å². The molecule has 1 saturated heterocycles. The summed E-state index contributed by atoms with van der Waals surface area (Å²) in [6.45, 7) is 0. The number of ketones is 1. The normalized spacial score (nSPS) is 18.4. The van der Waals surface area contributed by atoms with E-state index in [1.54, 1.807) is 29.6 Å². The van der Waals surface area contributed by atoms with Gasteiger partial charge in [-0.1, -0.05) is 29.8 Å². The Morgan fingerprint density at radius 1 is 1.07 bits per heavy atom. The Labute approximate surface area is 173 Å². The zero-order valence-corrected chi connectivity index (χ0v) is 16.2. The van der Waals surface area contributed by atoms with Crippen LogP contribution in [0.3, 0.4) is 0 Å². The number of nitrogens with zero attached hydrogens (tertiary/aromatic N) is 1. The summed E-state index contributed by atoms with van der Waals surface area (Å²) in [4.78, 5) is 27.0. The van der Waals surface area contributed by atoms with E-state index in [1.165, 1.54) is 23.5 Å². The second kappa shape index (κ2) is 7.42. The lowest BCUT2D eigenvalue weighted by molar-refractivity contribution is -0.132. The lowest BCUT2D eigenvalue weighted by Gasteiger charge is -2.24. The second-order valence-electron chi connectivity index (χ2n) is 6.29. The van der Waals surface area contributed by atoms with Crippen molar-refractivity contribution in [2.24, 2.45) is 0 Å². The van der Waals surface area contributed by atoms with E-state index < -0.39 is 35.1 Å². The van der Waals surface area contributed by atoms with Gasteiger partial charge in [-0.05, 0) is 35.7 Å². The molecule has 1 atom stereocenters. The first-order chi connectivity index (χ1) is 13.9. The lowest BCUT2D eigenvalue weighted by atomic mass is 9.99. The van der Waals surface area contributed by atoms with E-state index in [4.69, 9.17) is 11.6 Å². The molecule has 1 aromatic heterocycles. The number of hydrogen-bond donors (Lipinski definition) is 1. The van der Waals surface area contributed by atoms with Crippen LogP contribution in [0.15, 0.2) is 65.6 Å². The van der Waals surface area contributed by atoms with Gasteiger partial charge in [-0.3, -0.25) is 14.5 Å². The number of benzene rings is 2. The Balaban J connectivity index is 1.97. The van der Waals surface area contributed by atoms with Gasteiger partial charge in [-0.15, -0.1) is 11.3 Å². The predicted octanol–water partition coefficient (Wildman–Crippen LogP) is 5.31. The van der Waals surface area contributed by atoms with Crippen LogP contribution >= 0.6 is 22.9 Å². The third kappa shape index (κ3) is 3.32. The smallest absolute Gasteiger partial charge is 0.300 e. The Morgan fingerprint density at radius 3 is 2.55 bits per heavy atom. The molecular formula is C21H12ClF2NO3S. The zero-order valence-electron chi connectivity index (χ0n) is 14.6. The van der Waals surface area contributed by atoms with Gasteiger partial charge in [0.2, 0.25) is 0 Å². The molecule has 1 unspecified atom stereocenters. The van der Waals surface area contributed by atoms with Crippen LogP contribution in [0.2, 0.25) is 5.02 Å². The number of anilines is 1. The van der Waals surface area contributed by atoms with E-state index in [2.05, 4.69) is 0 Å². The molecule has 0 bridgehead atoms. The van der Waals surface area contributed by atoms with Crippen molar-refractivity contribution in [1.82, 2.24) is 0 Å². The number of Topliss-reactive ketones (excluding diaryl/α,β-unsaturated/α-hetero) is 1. The van der Waals surface area contributed by atoms with Crippen molar-refractivity contribution in [2.45, 2.75) is 6.04 Å². The van der Waals surface area contributed by atoms with Crippen molar-refractivity contribution in [3.8, 4) is 0 Å². The standard InChI is InChI=1S/C21H12ClF2NO3S/c22-12-4-1-3-11(9-12)19(26)17-18(16-5-2-8-29-16)25(21(28)20(17)27)15-10-13(23)6-7-14(15)24/h1-10,18,26H/b19-17-. The number of amides is 1. The summed E-state index contributed by atoms with van der Waals surface area (Å²) in [7, 11) is 0. The van der Waals surface area contributed by atoms with Crippen LogP contribution in [0, 0.1) is 11.6 Å². The maximum Gasteiger partial charge on any atom is 0.300 e. The van der Waals surface area contributed by atoms with Gasteiger partial charge < -0.3 is 5.11 Å². The molecule has 4 rings (SSSR count). The molecule has 0 spiro atoms. The topological polar surface area (TPSA) is 57.6 Å². The first kappa shape index (κ1) is 19.3. The molecule has 8 heteroatoms. The van der Waals surface area contributed by atoms with E-state index in [0.717, 1.165) is 23.1 Å². The van der Waals surface area contributed by atoms with E-state index in [-0.39, 0.29) is 16.8 Å². The molecule has 0 saturated carbocycles. The largest absolute Gasteiger partial charge is 0.507 e. The molecular weight excluding hydrogens is 420 g/mol. The SMILES string of the molecule is O=C1C(=O)N(c2cc(F)ccc2F)C(c2cccs2)/C1=C(/O)c1cccc(Cl)c1. The van der Waals surface area contributed by atoms with Crippen LogP contribution < -0.4 is 4.90 Å². The molecule has 1 aliphatic rings. The first-order valence-electron chi connectivity index (χ1n) is 8.44. The van der Waals surface area contributed by atoms with E-state index in [0.29, 0.717) is 9.90 Å². The Morgan fingerprint density at radius 2 is 1.86 bits per heavy atom. The number of aliphatic hydroxyl groups excluding tert-OH is 1. The van der Waals surface area contributed by atoms with Crippen molar-refractivity contribution in [1.29, 1.82) is 0 Å². The van der Waals surface area contributed by atoms with Gasteiger partial charge in [0, 0.05) is 21.5 Å². The minimum Gasteiger partial charge on any atom is -0.507 e. The number of halogens is 3. The number of carbonyl (C=O) groups excluding carboxylic acids is 2. The van der Waals surface area contributed by atoms with Crippen molar-refractivity contribution in [3.05, 3.63) is 92.6 Å². The lowest BCUT2D eigenvalue weighted by Crippen LogP contribution is -2.30. The third-order valence-electron chi connectivity index (χ3n) is 4.52. The average Bonchev–Trinajstić information content (AvgIpc) is 3.31. The highest BCUT2D eigenvalue weighted by molar-refractivity contribution is 7.10. The summed E-state index contributed by atoms with van der Waals surface area (Å²) < 4.78 is 28.3. The summed E-state index contributed by atoms with van der Waals surface area (Å²) in [5, 5.41) is 12.9. The maximum absolute atomic E-state index is 14.5. The fraction of sp³-hybridized carbons (Fsp3) is 0.0476.